The number of aliphatic hydroxyl groups excluding tert-OH is 1. The predicted molar refractivity (Wildman–Crippen MR) is 127 cm³/mol. The third kappa shape index (κ3) is 5.34. The number of carbonyl (C=O) groups is 2. The smallest absolute Gasteiger partial charge is 0.295 e. The lowest BCUT2D eigenvalue weighted by Crippen LogP contribution is -2.31. The second-order valence-electron chi connectivity index (χ2n) is 8.19. The number of rotatable bonds is 10. The van der Waals surface area contributed by atoms with Gasteiger partial charge in [-0.3, -0.25) is 9.59 Å². The third-order valence-corrected chi connectivity index (χ3v) is 5.39. The zero-order chi connectivity index (χ0) is 24.8. The van der Waals surface area contributed by atoms with E-state index in [-0.39, 0.29) is 35.5 Å². The number of hydrogen-bond acceptors (Lipinski definition) is 7. The maximum Gasteiger partial charge on any atom is 0.295 e. The number of likely N-dealkylation sites (tertiary alicyclic amines) is 1. The maximum atomic E-state index is 13.1. The number of ketones is 1. The number of aromatic hydroxyl groups is 1. The Balaban J connectivity index is 2.10. The van der Waals surface area contributed by atoms with E-state index in [1.807, 2.05) is 13.8 Å². The number of carbonyl (C=O) groups excluding carboxylic acids is 2. The standard InChI is InChI=1S/C26H31NO7/c1-5-33-21-15-18(9-12-20(21)28)23-22(25(30)26(31)27(23)13-6-14-32-4)24(29)17-7-10-19(11-8-17)34-16(2)3/h7-12,15-16,23,28-29H,5-6,13-14H2,1-4H3/b24-22+/t23-/m0/s1. The van der Waals surface area contributed by atoms with Gasteiger partial charge in [-0.15, -0.1) is 0 Å². The normalized spacial score (nSPS) is 17.4. The largest absolute Gasteiger partial charge is 0.507 e. The molecule has 3 rings (SSSR count). The summed E-state index contributed by atoms with van der Waals surface area (Å²) < 4.78 is 16.2. The van der Waals surface area contributed by atoms with Crippen LogP contribution in [-0.4, -0.2) is 59.8 Å². The van der Waals surface area contributed by atoms with Gasteiger partial charge in [-0.25, -0.2) is 0 Å². The van der Waals surface area contributed by atoms with E-state index in [0.717, 1.165) is 0 Å². The van der Waals surface area contributed by atoms with Gasteiger partial charge in [0.1, 0.15) is 11.5 Å². The third-order valence-electron chi connectivity index (χ3n) is 5.39. The zero-order valence-electron chi connectivity index (χ0n) is 19.9. The predicted octanol–water partition coefficient (Wildman–Crippen LogP) is 4.04. The first-order chi connectivity index (χ1) is 16.3. The zero-order valence-corrected chi connectivity index (χ0v) is 19.9. The quantitative estimate of drug-likeness (QED) is 0.234. The lowest BCUT2D eigenvalue weighted by Gasteiger charge is -2.25. The highest BCUT2D eigenvalue weighted by Crippen LogP contribution is 2.42. The molecule has 0 aliphatic carbocycles. The number of benzene rings is 2. The number of Topliss-reactive ketones (excluding diaryl/α,β-unsaturated/α-hetero) is 1. The number of aliphatic hydroxyl groups is 1. The van der Waals surface area contributed by atoms with Gasteiger partial charge in [-0.05, 0) is 69.2 Å². The molecule has 0 aromatic heterocycles. The van der Waals surface area contributed by atoms with E-state index in [1.54, 1.807) is 50.4 Å². The molecule has 1 aliphatic heterocycles. The van der Waals surface area contributed by atoms with Crippen molar-refractivity contribution < 1.29 is 34.0 Å². The maximum absolute atomic E-state index is 13.1. The van der Waals surface area contributed by atoms with Gasteiger partial charge in [-0.2, -0.15) is 0 Å². The highest BCUT2D eigenvalue weighted by molar-refractivity contribution is 6.46. The van der Waals surface area contributed by atoms with Crippen LogP contribution in [-0.2, 0) is 14.3 Å². The molecule has 2 N–H and O–H groups in total. The Bertz CT molecular complexity index is 1060. The minimum absolute atomic E-state index is 0.00842. The molecule has 1 amide bonds. The van der Waals surface area contributed by atoms with E-state index in [0.29, 0.717) is 36.5 Å². The molecule has 1 heterocycles. The highest BCUT2D eigenvalue weighted by atomic mass is 16.5. The van der Waals surface area contributed by atoms with Crippen LogP contribution in [0, 0.1) is 0 Å². The number of nitrogens with zero attached hydrogens (tertiary/aromatic N) is 1. The summed E-state index contributed by atoms with van der Waals surface area (Å²) in [5.41, 5.74) is 0.909. The van der Waals surface area contributed by atoms with Gasteiger partial charge in [0, 0.05) is 25.8 Å². The molecule has 1 aliphatic rings. The lowest BCUT2D eigenvalue weighted by molar-refractivity contribution is -0.140. The van der Waals surface area contributed by atoms with Gasteiger partial charge in [-0.1, -0.05) is 6.07 Å². The Labute approximate surface area is 199 Å². The van der Waals surface area contributed by atoms with Crippen LogP contribution in [0.1, 0.15) is 44.4 Å². The molecule has 0 radical (unpaired) electrons. The average Bonchev–Trinajstić information content (AvgIpc) is 3.05. The molecule has 2 aromatic rings. The van der Waals surface area contributed by atoms with E-state index < -0.39 is 17.7 Å². The Kier molecular flexibility index (Phi) is 8.17. The Morgan fingerprint density at radius 2 is 1.82 bits per heavy atom. The van der Waals surface area contributed by atoms with Crippen molar-refractivity contribution in [3.05, 3.63) is 59.2 Å². The first-order valence-electron chi connectivity index (χ1n) is 11.3. The van der Waals surface area contributed by atoms with Crippen molar-refractivity contribution in [1.82, 2.24) is 4.90 Å². The summed E-state index contributed by atoms with van der Waals surface area (Å²) >= 11 is 0. The van der Waals surface area contributed by atoms with E-state index >= 15 is 0 Å². The fraction of sp³-hybridized carbons (Fsp3) is 0.385. The van der Waals surface area contributed by atoms with E-state index in [1.165, 1.54) is 11.0 Å². The van der Waals surface area contributed by atoms with Crippen LogP contribution in [0.2, 0.25) is 0 Å². The summed E-state index contributed by atoms with van der Waals surface area (Å²) in [4.78, 5) is 27.5. The van der Waals surface area contributed by atoms with E-state index in [9.17, 15) is 19.8 Å². The van der Waals surface area contributed by atoms with Gasteiger partial charge < -0.3 is 29.3 Å². The molecule has 0 bridgehead atoms. The first-order valence-corrected chi connectivity index (χ1v) is 11.3. The molecular weight excluding hydrogens is 438 g/mol. The molecular formula is C26H31NO7. The Hall–Kier alpha value is -3.52. The Morgan fingerprint density at radius 1 is 1.12 bits per heavy atom. The molecule has 8 heteroatoms. The monoisotopic (exact) mass is 469 g/mol. The summed E-state index contributed by atoms with van der Waals surface area (Å²) in [5.74, 6) is -0.940. The number of methoxy groups -OCH3 is 1. The second-order valence-corrected chi connectivity index (χ2v) is 8.19. The first kappa shape index (κ1) is 25.1. The highest BCUT2D eigenvalue weighted by Gasteiger charge is 2.46. The molecule has 0 spiro atoms. The van der Waals surface area contributed by atoms with Crippen molar-refractivity contribution in [2.45, 2.75) is 39.3 Å². The summed E-state index contributed by atoms with van der Waals surface area (Å²) in [5, 5.41) is 21.3. The second kappa shape index (κ2) is 11.1. The van der Waals surface area contributed by atoms with E-state index in [2.05, 4.69) is 0 Å². The summed E-state index contributed by atoms with van der Waals surface area (Å²) in [6, 6.07) is 10.5. The Morgan fingerprint density at radius 3 is 2.44 bits per heavy atom. The number of amides is 1. The van der Waals surface area contributed by atoms with Gasteiger partial charge in [0.2, 0.25) is 0 Å². The van der Waals surface area contributed by atoms with Crippen molar-refractivity contribution in [3.8, 4) is 17.2 Å². The minimum atomic E-state index is -0.844. The van der Waals surface area contributed by atoms with Crippen LogP contribution in [0.3, 0.4) is 0 Å². The number of phenolic OH excluding ortho intramolecular Hbond substituents is 1. The van der Waals surface area contributed by atoms with Crippen LogP contribution in [0.15, 0.2) is 48.0 Å². The molecule has 2 aromatic carbocycles. The van der Waals surface area contributed by atoms with Crippen LogP contribution in [0.4, 0.5) is 0 Å². The fourth-order valence-corrected chi connectivity index (χ4v) is 3.93. The topological polar surface area (TPSA) is 106 Å². The number of phenols is 1. The summed E-state index contributed by atoms with van der Waals surface area (Å²) in [6.07, 6.45) is 0.503. The average molecular weight is 470 g/mol. The molecule has 1 saturated heterocycles. The van der Waals surface area contributed by atoms with Crippen LogP contribution in [0.25, 0.3) is 5.76 Å². The molecule has 8 nitrogen and oxygen atoms in total. The van der Waals surface area contributed by atoms with Crippen molar-refractivity contribution in [2.75, 3.05) is 26.9 Å². The van der Waals surface area contributed by atoms with Gasteiger partial charge in [0.25, 0.3) is 11.7 Å². The van der Waals surface area contributed by atoms with Crippen LogP contribution >= 0.6 is 0 Å². The fourth-order valence-electron chi connectivity index (χ4n) is 3.93. The van der Waals surface area contributed by atoms with Gasteiger partial charge >= 0.3 is 0 Å². The van der Waals surface area contributed by atoms with E-state index in [4.69, 9.17) is 14.2 Å². The summed E-state index contributed by atoms with van der Waals surface area (Å²) in [6.45, 7) is 6.60. The SMILES string of the molecule is CCOc1cc([C@H]2/C(=C(\O)c3ccc(OC(C)C)cc3)C(=O)C(=O)N2CCCOC)ccc1O. The van der Waals surface area contributed by atoms with Crippen LogP contribution < -0.4 is 9.47 Å². The molecule has 1 fully saturated rings. The number of ether oxygens (including phenoxy) is 3. The molecule has 0 unspecified atom stereocenters. The molecule has 1 atom stereocenters. The van der Waals surface area contributed by atoms with Crippen molar-refractivity contribution in [3.63, 3.8) is 0 Å². The van der Waals surface area contributed by atoms with Gasteiger partial charge in [0.05, 0.1) is 24.3 Å². The summed E-state index contributed by atoms with van der Waals surface area (Å²) in [7, 11) is 1.56. The molecule has 182 valence electrons. The lowest BCUT2D eigenvalue weighted by atomic mass is 9.95. The minimum Gasteiger partial charge on any atom is -0.507 e. The van der Waals surface area contributed by atoms with Gasteiger partial charge in [0.15, 0.2) is 11.5 Å². The van der Waals surface area contributed by atoms with Crippen molar-refractivity contribution in [2.24, 2.45) is 0 Å². The molecule has 0 saturated carbocycles. The van der Waals surface area contributed by atoms with Crippen molar-refractivity contribution in [1.29, 1.82) is 0 Å². The molecule has 34 heavy (non-hydrogen) atoms. The number of hydrogen-bond donors (Lipinski definition) is 2. The van der Waals surface area contributed by atoms with Crippen molar-refractivity contribution >= 4 is 17.4 Å². The van der Waals surface area contributed by atoms with Crippen LogP contribution in [0.5, 0.6) is 17.2 Å².